The Morgan fingerprint density at radius 3 is 2.33 bits per heavy atom. The lowest BCUT2D eigenvalue weighted by molar-refractivity contribution is 0.611. The molecule has 0 atom stereocenters. The SMILES string of the molecule is NC1=CC=C(c2ccccc2Br)S1(=O)=O. The molecule has 1 aliphatic rings. The number of hydrogen-bond donors (Lipinski definition) is 1. The summed E-state index contributed by atoms with van der Waals surface area (Å²) in [4.78, 5) is 0.243. The van der Waals surface area contributed by atoms with Crippen molar-refractivity contribution in [1.29, 1.82) is 0 Å². The number of nitrogens with two attached hydrogens (primary N) is 1. The second-order valence-electron chi connectivity index (χ2n) is 3.08. The minimum absolute atomic E-state index is 0.103. The van der Waals surface area contributed by atoms with Crippen molar-refractivity contribution in [3.63, 3.8) is 0 Å². The molecule has 2 rings (SSSR count). The fourth-order valence-corrected chi connectivity index (χ4v) is 3.20. The number of benzene rings is 1. The summed E-state index contributed by atoms with van der Waals surface area (Å²) in [6.07, 6.45) is 2.93. The lowest BCUT2D eigenvalue weighted by Gasteiger charge is -2.06. The molecule has 0 aliphatic carbocycles. The van der Waals surface area contributed by atoms with E-state index in [4.69, 9.17) is 5.73 Å². The maximum atomic E-state index is 11.8. The first-order valence-electron chi connectivity index (χ1n) is 4.21. The van der Waals surface area contributed by atoms with Crippen molar-refractivity contribution in [2.24, 2.45) is 5.73 Å². The van der Waals surface area contributed by atoms with Crippen LogP contribution in [0.25, 0.3) is 4.91 Å². The predicted molar refractivity (Wildman–Crippen MR) is 63.3 cm³/mol. The van der Waals surface area contributed by atoms with Crippen LogP contribution in [0.4, 0.5) is 0 Å². The molecule has 0 saturated heterocycles. The zero-order chi connectivity index (χ0) is 11.1. The van der Waals surface area contributed by atoms with E-state index in [0.29, 0.717) is 5.56 Å². The van der Waals surface area contributed by atoms with Crippen molar-refractivity contribution in [2.75, 3.05) is 0 Å². The van der Waals surface area contributed by atoms with Gasteiger partial charge in [0.25, 0.3) is 0 Å². The summed E-state index contributed by atoms with van der Waals surface area (Å²) in [6.45, 7) is 0. The first-order chi connectivity index (χ1) is 7.03. The van der Waals surface area contributed by atoms with E-state index < -0.39 is 9.84 Å². The van der Waals surface area contributed by atoms with Crippen LogP contribution in [0.1, 0.15) is 5.56 Å². The second-order valence-corrected chi connectivity index (χ2v) is 5.86. The van der Waals surface area contributed by atoms with Crippen molar-refractivity contribution in [3.8, 4) is 0 Å². The number of rotatable bonds is 1. The first-order valence-corrected chi connectivity index (χ1v) is 6.48. The van der Waals surface area contributed by atoms with Gasteiger partial charge in [0.2, 0.25) is 9.84 Å². The highest BCUT2D eigenvalue weighted by molar-refractivity contribution is 9.10. The third-order valence-electron chi connectivity index (χ3n) is 2.14. The van der Waals surface area contributed by atoms with Crippen LogP contribution in [-0.2, 0) is 9.84 Å². The van der Waals surface area contributed by atoms with Gasteiger partial charge in [-0.05, 0) is 18.2 Å². The second kappa shape index (κ2) is 3.50. The van der Waals surface area contributed by atoms with Crippen LogP contribution in [0.15, 0.2) is 45.9 Å². The van der Waals surface area contributed by atoms with Crippen molar-refractivity contribution in [1.82, 2.24) is 0 Å². The van der Waals surface area contributed by atoms with Gasteiger partial charge in [0, 0.05) is 10.0 Å². The molecular formula is C10H8BrNO2S. The Labute approximate surface area is 96.3 Å². The van der Waals surface area contributed by atoms with E-state index in [2.05, 4.69) is 15.9 Å². The van der Waals surface area contributed by atoms with E-state index in [1.54, 1.807) is 18.2 Å². The molecule has 0 amide bonds. The summed E-state index contributed by atoms with van der Waals surface area (Å²) in [6, 6.07) is 7.14. The van der Waals surface area contributed by atoms with Gasteiger partial charge in [-0.3, -0.25) is 0 Å². The molecule has 0 fully saturated rings. The van der Waals surface area contributed by atoms with Gasteiger partial charge >= 0.3 is 0 Å². The number of hydrogen-bond acceptors (Lipinski definition) is 3. The fraction of sp³-hybridized carbons (Fsp3) is 0. The fourth-order valence-electron chi connectivity index (χ4n) is 1.36. The third-order valence-corrected chi connectivity index (χ3v) is 4.52. The van der Waals surface area contributed by atoms with Crippen LogP contribution in [0.2, 0.25) is 0 Å². The summed E-state index contributed by atoms with van der Waals surface area (Å²) in [5.41, 5.74) is 6.03. The van der Waals surface area contributed by atoms with Crippen molar-refractivity contribution in [2.45, 2.75) is 0 Å². The maximum Gasteiger partial charge on any atom is 0.221 e. The molecule has 15 heavy (non-hydrogen) atoms. The molecule has 2 N–H and O–H groups in total. The Balaban J connectivity index is 2.59. The van der Waals surface area contributed by atoms with Crippen LogP contribution in [0.3, 0.4) is 0 Å². The van der Waals surface area contributed by atoms with Gasteiger partial charge in [-0.15, -0.1) is 0 Å². The third kappa shape index (κ3) is 1.61. The van der Waals surface area contributed by atoms with E-state index in [1.165, 1.54) is 12.2 Å². The van der Waals surface area contributed by atoms with Gasteiger partial charge in [0.15, 0.2) is 0 Å². The molecule has 0 radical (unpaired) electrons. The highest BCUT2D eigenvalue weighted by atomic mass is 79.9. The van der Waals surface area contributed by atoms with Crippen molar-refractivity contribution >= 4 is 30.7 Å². The minimum Gasteiger partial charge on any atom is -0.389 e. The Morgan fingerprint density at radius 2 is 1.80 bits per heavy atom. The van der Waals surface area contributed by atoms with Crippen LogP contribution in [-0.4, -0.2) is 8.42 Å². The van der Waals surface area contributed by atoms with E-state index in [1.807, 2.05) is 6.07 Å². The monoisotopic (exact) mass is 285 g/mol. The maximum absolute atomic E-state index is 11.8. The van der Waals surface area contributed by atoms with Crippen LogP contribution in [0.5, 0.6) is 0 Å². The molecule has 1 aromatic carbocycles. The van der Waals surface area contributed by atoms with Crippen LogP contribution < -0.4 is 5.73 Å². The van der Waals surface area contributed by atoms with Gasteiger partial charge in [-0.25, -0.2) is 8.42 Å². The molecule has 1 aliphatic heterocycles. The van der Waals surface area contributed by atoms with Gasteiger partial charge in [-0.1, -0.05) is 34.1 Å². The highest BCUT2D eigenvalue weighted by Gasteiger charge is 2.27. The molecule has 1 aromatic rings. The number of sulfone groups is 1. The number of allylic oxidation sites excluding steroid dienone is 2. The zero-order valence-electron chi connectivity index (χ0n) is 7.64. The predicted octanol–water partition coefficient (Wildman–Crippen LogP) is 2.02. The molecular weight excluding hydrogens is 278 g/mol. The Bertz CT molecular complexity index is 573. The summed E-state index contributed by atoms with van der Waals surface area (Å²) in [5, 5.41) is -0.103. The summed E-state index contributed by atoms with van der Waals surface area (Å²) in [5.74, 6) is 0. The van der Waals surface area contributed by atoms with Gasteiger partial charge in [0.1, 0.15) is 5.03 Å². The van der Waals surface area contributed by atoms with E-state index in [0.717, 1.165) is 4.47 Å². The van der Waals surface area contributed by atoms with Gasteiger partial charge in [-0.2, -0.15) is 0 Å². The number of halogens is 1. The molecule has 0 unspecified atom stereocenters. The normalized spacial score (nSPS) is 18.5. The van der Waals surface area contributed by atoms with Crippen molar-refractivity contribution in [3.05, 3.63) is 51.5 Å². The smallest absolute Gasteiger partial charge is 0.221 e. The van der Waals surface area contributed by atoms with E-state index in [9.17, 15) is 8.42 Å². The van der Waals surface area contributed by atoms with E-state index >= 15 is 0 Å². The molecule has 3 nitrogen and oxygen atoms in total. The Kier molecular flexibility index (Phi) is 2.44. The quantitative estimate of drug-likeness (QED) is 0.859. The van der Waals surface area contributed by atoms with Crippen LogP contribution >= 0.6 is 15.9 Å². The van der Waals surface area contributed by atoms with E-state index in [-0.39, 0.29) is 9.93 Å². The molecule has 0 aromatic heterocycles. The molecule has 5 heteroatoms. The lowest BCUT2D eigenvalue weighted by atomic mass is 10.2. The zero-order valence-corrected chi connectivity index (χ0v) is 10.0. The molecule has 0 spiro atoms. The largest absolute Gasteiger partial charge is 0.389 e. The minimum atomic E-state index is -3.47. The van der Waals surface area contributed by atoms with Crippen molar-refractivity contribution < 1.29 is 8.42 Å². The van der Waals surface area contributed by atoms with Crippen LogP contribution in [0, 0.1) is 0 Å². The average molecular weight is 286 g/mol. The summed E-state index contributed by atoms with van der Waals surface area (Å²) in [7, 11) is -3.47. The molecule has 1 heterocycles. The molecule has 78 valence electrons. The Morgan fingerprint density at radius 1 is 1.13 bits per heavy atom. The lowest BCUT2D eigenvalue weighted by Crippen LogP contribution is -2.09. The first kappa shape index (κ1) is 10.4. The average Bonchev–Trinajstić information content (AvgIpc) is 2.44. The summed E-state index contributed by atoms with van der Waals surface area (Å²) >= 11 is 3.31. The van der Waals surface area contributed by atoms with Gasteiger partial charge in [0.05, 0.1) is 4.91 Å². The molecule has 0 bridgehead atoms. The highest BCUT2D eigenvalue weighted by Crippen LogP contribution is 2.33. The Hall–Kier alpha value is -1.07. The standard InChI is InChI=1S/C10H8BrNO2S/c11-8-4-2-1-3-7(8)9-5-6-10(12)15(9,13)14/h1-6H,12H2. The van der Waals surface area contributed by atoms with Gasteiger partial charge < -0.3 is 5.73 Å². The summed E-state index contributed by atoms with van der Waals surface area (Å²) < 4.78 is 24.3. The molecule has 0 saturated carbocycles. The topological polar surface area (TPSA) is 60.2 Å².